The van der Waals surface area contributed by atoms with E-state index in [9.17, 15) is 9.18 Å². The van der Waals surface area contributed by atoms with Crippen LogP contribution in [-0.4, -0.2) is 17.0 Å². The number of hydrogen-bond acceptors (Lipinski definition) is 2. The minimum absolute atomic E-state index is 0.225. The van der Waals surface area contributed by atoms with Crippen LogP contribution in [0.4, 0.5) is 4.39 Å². The molecule has 0 saturated carbocycles. The molecular formula is C24H19Cl2FN2OS. The predicted octanol–water partition coefficient (Wildman–Crippen LogP) is 6.81. The Kier molecular flexibility index (Phi) is 6.86. The number of hydrogen-bond donors (Lipinski definition) is 1. The van der Waals surface area contributed by atoms with Gasteiger partial charge in [-0.05, 0) is 42.0 Å². The number of rotatable bonds is 7. The van der Waals surface area contributed by atoms with Crippen LogP contribution in [0.15, 0.2) is 77.8 Å². The van der Waals surface area contributed by atoms with Crippen LogP contribution >= 0.6 is 35.0 Å². The van der Waals surface area contributed by atoms with Gasteiger partial charge in [0.25, 0.3) is 5.91 Å². The SMILES string of the molecule is O=C(NCCn1cc(SCc2cccc(F)c2)c2ccccc21)c1ccc(Cl)cc1Cl. The lowest BCUT2D eigenvalue weighted by molar-refractivity contribution is 0.0952. The van der Waals surface area contributed by atoms with Gasteiger partial charge in [0.15, 0.2) is 0 Å². The van der Waals surface area contributed by atoms with E-state index in [1.807, 2.05) is 18.2 Å². The van der Waals surface area contributed by atoms with Crippen LogP contribution < -0.4 is 5.32 Å². The van der Waals surface area contributed by atoms with Gasteiger partial charge in [0.1, 0.15) is 5.82 Å². The van der Waals surface area contributed by atoms with Crippen molar-refractivity contribution in [1.29, 1.82) is 0 Å². The summed E-state index contributed by atoms with van der Waals surface area (Å²) in [6, 6.07) is 19.6. The van der Waals surface area contributed by atoms with Gasteiger partial charge < -0.3 is 9.88 Å². The van der Waals surface area contributed by atoms with Gasteiger partial charge in [0.05, 0.1) is 10.6 Å². The molecule has 3 nitrogen and oxygen atoms in total. The van der Waals surface area contributed by atoms with E-state index >= 15 is 0 Å². The van der Waals surface area contributed by atoms with E-state index in [0.29, 0.717) is 34.5 Å². The summed E-state index contributed by atoms with van der Waals surface area (Å²) in [5.74, 6) is 0.216. The summed E-state index contributed by atoms with van der Waals surface area (Å²) in [5.41, 5.74) is 2.42. The number of nitrogens with one attached hydrogen (secondary N) is 1. The number of carbonyl (C=O) groups is 1. The van der Waals surface area contributed by atoms with Crippen molar-refractivity contribution < 1.29 is 9.18 Å². The Hall–Kier alpha value is -2.47. The zero-order valence-corrected chi connectivity index (χ0v) is 18.8. The van der Waals surface area contributed by atoms with E-state index in [4.69, 9.17) is 23.2 Å². The number of halogens is 3. The first-order valence-corrected chi connectivity index (χ1v) is 11.4. The molecule has 0 fully saturated rings. The number of amides is 1. The Morgan fingerprint density at radius 1 is 1.03 bits per heavy atom. The first-order chi connectivity index (χ1) is 15.0. The van der Waals surface area contributed by atoms with E-state index in [1.165, 1.54) is 6.07 Å². The van der Waals surface area contributed by atoms with Crippen molar-refractivity contribution in [1.82, 2.24) is 9.88 Å². The lowest BCUT2D eigenvalue weighted by atomic mass is 10.2. The maximum absolute atomic E-state index is 13.5. The molecule has 0 aliphatic rings. The van der Waals surface area contributed by atoms with Crippen LogP contribution in [-0.2, 0) is 12.3 Å². The van der Waals surface area contributed by atoms with Gasteiger partial charge in [-0.3, -0.25) is 4.79 Å². The van der Waals surface area contributed by atoms with Crippen molar-refractivity contribution in [2.24, 2.45) is 0 Å². The number of aromatic nitrogens is 1. The highest BCUT2D eigenvalue weighted by Gasteiger charge is 2.12. The number of nitrogens with zero attached hydrogens (tertiary/aromatic N) is 1. The molecule has 4 rings (SSSR count). The average molecular weight is 473 g/mol. The van der Waals surface area contributed by atoms with Crippen LogP contribution in [0.1, 0.15) is 15.9 Å². The topological polar surface area (TPSA) is 34.0 Å². The average Bonchev–Trinajstić information content (AvgIpc) is 3.10. The molecule has 1 heterocycles. The number of benzene rings is 3. The second kappa shape index (κ2) is 9.77. The summed E-state index contributed by atoms with van der Waals surface area (Å²) in [7, 11) is 0. The molecule has 1 aromatic heterocycles. The van der Waals surface area contributed by atoms with Gasteiger partial charge in [-0.1, -0.05) is 53.5 Å². The van der Waals surface area contributed by atoms with Gasteiger partial charge in [0.2, 0.25) is 0 Å². The summed E-state index contributed by atoms with van der Waals surface area (Å²) in [5, 5.41) is 4.86. The fraction of sp³-hybridized carbons (Fsp3) is 0.125. The van der Waals surface area contributed by atoms with Gasteiger partial charge in [-0.2, -0.15) is 0 Å². The van der Waals surface area contributed by atoms with Crippen LogP contribution in [0.5, 0.6) is 0 Å². The van der Waals surface area contributed by atoms with Crippen LogP contribution in [0.2, 0.25) is 10.0 Å². The third-order valence-corrected chi connectivity index (χ3v) is 6.51. The molecule has 31 heavy (non-hydrogen) atoms. The maximum Gasteiger partial charge on any atom is 0.252 e. The summed E-state index contributed by atoms with van der Waals surface area (Å²) >= 11 is 13.7. The predicted molar refractivity (Wildman–Crippen MR) is 127 cm³/mol. The highest BCUT2D eigenvalue weighted by atomic mass is 35.5. The first kappa shape index (κ1) is 21.8. The standard InChI is InChI=1S/C24H19Cl2FN2OS/c25-17-8-9-19(21(26)13-17)24(30)28-10-11-29-14-23(20-6-1-2-7-22(20)29)31-15-16-4-3-5-18(27)12-16/h1-9,12-14H,10-11,15H2,(H,28,30). The summed E-state index contributed by atoms with van der Waals surface area (Å²) in [4.78, 5) is 13.6. The molecule has 0 unspecified atom stereocenters. The number of fused-ring (bicyclic) bond motifs is 1. The smallest absolute Gasteiger partial charge is 0.252 e. The van der Waals surface area contributed by atoms with Gasteiger partial charge in [-0.25, -0.2) is 4.39 Å². The lowest BCUT2D eigenvalue weighted by Crippen LogP contribution is -2.27. The molecule has 7 heteroatoms. The molecule has 158 valence electrons. The van der Waals surface area contributed by atoms with Gasteiger partial charge in [0, 0.05) is 45.9 Å². The monoisotopic (exact) mass is 472 g/mol. The van der Waals surface area contributed by atoms with E-state index in [1.54, 1.807) is 42.1 Å². The van der Waals surface area contributed by atoms with E-state index in [-0.39, 0.29) is 11.7 Å². The van der Waals surface area contributed by atoms with Crippen molar-refractivity contribution in [3.8, 4) is 0 Å². The molecule has 0 bridgehead atoms. The van der Waals surface area contributed by atoms with Crippen LogP contribution in [0.25, 0.3) is 10.9 Å². The van der Waals surface area contributed by atoms with Crippen LogP contribution in [0.3, 0.4) is 0 Å². The Morgan fingerprint density at radius 2 is 1.87 bits per heavy atom. The van der Waals surface area contributed by atoms with Crippen molar-refractivity contribution in [3.05, 3.63) is 99.9 Å². The largest absolute Gasteiger partial charge is 0.350 e. The van der Waals surface area contributed by atoms with Gasteiger partial charge >= 0.3 is 0 Å². The number of para-hydroxylation sites is 1. The van der Waals surface area contributed by atoms with Crippen molar-refractivity contribution in [2.45, 2.75) is 17.2 Å². The molecule has 4 aromatic rings. The highest BCUT2D eigenvalue weighted by molar-refractivity contribution is 7.98. The Morgan fingerprint density at radius 3 is 2.68 bits per heavy atom. The molecular weight excluding hydrogens is 454 g/mol. The van der Waals surface area contributed by atoms with Crippen molar-refractivity contribution in [3.63, 3.8) is 0 Å². The van der Waals surface area contributed by atoms with Gasteiger partial charge in [-0.15, -0.1) is 11.8 Å². The van der Waals surface area contributed by atoms with E-state index in [0.717, 1.165) is 21.4 Å². The zero-order chi connectivity index (χ0) is 21.8. The highest BCUT2D eigenvalue weighted by Crippen LogP contribution is 2.32. The normalized spacial score (nSPS) is 11.1. The molecule has 0 spiro atoms. The second-order valence-electron chi connectivity index (χ2n) is 7.00. The fourth-order valence-corrected chi connectivity index (χ4v) is 4.89. The molecule has 0 aliphatic carbocycles. The second-order valence-corrected chi connectivity index (χ2v) is 8.86. The maximum atomic E-state index is 13.5. The Bertz CT molecular complexity index is 1240. The van der Waals surface area contributed by atoms with Crippen LogP contribution in [0, 0.1) is 5.82 Å². The summed E-state index contributed by atoms with van der Waals surface area (Å²) in [6.07, 6.45) is 2.08. The molecule has 0 saturated heterocycles. The molecule has 1 N–H and O–H groups in total. The lowest BCUT2D eigenvalue weighted by Gasteiger charge is -2.09. The van der Waals surface area contributed by atoms with Crippen molar-refractivity contribution >= 4 is 51.8 Å². The summed E-state index contributed by atoms with van der Waals surface area (Å²) < 4.78 is 15.6. The van der Waals surface area contributed by atoms with E-state index < -0.39 is 0 Å². The first-order valence-electron chi connectivity index (χ1n) is 9.69. The fourth-order valence-electron chi connectivity index (χ4n) is 3.36. The van der Waals surface area contributed by atoms with Crippen molar-refractivity contribution in [2.75, 3.05) is 6.54 Å². The zero-order valence-electron chi connectivity index (χ0n) is 16.4. The number of thioether (sulfide) groups is 1. The molecule has 0 aliphatic heterocycles. The third-order valence-electron chi connectivity index (χ3n) is 4.85. The third kappa shape index (κ3) is 5.24. The minimum atomic E-state index is -0.237. The Labute approximate surface area is 194 Å². The molecule has 0 atom stereocenters. The van der Waals surface area contributed by atoms with E-state index in [2.05, 4.69) is 28.2 Å². The molecule has 1 amide bonds. The molecule has 3 aromatic carbocycles. The molecule has 0 radical (unpaired) electrons. The number of carbonyl (C=O) groups excluding carboxylic acids is 1. The summed E-state index contributed by atoms with van der Waals surface area (Å²) in [6.45, 7) is 1.06. The Balaban J connectivity index is 1.45. The quantitative estimate of drug-likeness (QED) is 0.299. The minimum Gasteiger partial charge on any atom is -0.350 e.